The summed E-state index contributed by atoms with van der Waals surface area (Å²) in [5.41, 5.74) is 0.263. The van der Waals surface area contributed by atoms with E-state index in [-0.39, 0.29) is 23.6 Å². The molecule has 0 saturated carbocycles. The van der Waals surface area contributed by atoms with Crippen molar-refractivity contribution in [3.05, 3.63) is 107 Å². The largest absolute Gasteiger partial charge is 0.480 e. The maximum atomic E-state index is 13.3. The molecule has 0 radical (unpaired) electrons. The molecule has 5 nitrogen and oxygen atoms in total. The normalized spacial score (nSPS) is 12.1. The number of allylic oxidation sites excluding steroid dienone is 5. The van der Waals surface area contributed by atoms with Crippen molar-refractivity contribution in [1.29, 1.82) is 0 Å². The highest BCUT2D eigenvalue weighted by molar-refractivity contribution is 5.99. The summed E-state index contributed by atoms with van der Waals surface area (Å²) in [6, 6.07) is 14.2. The Kier molecular flexibility index (Phi) is 8.08. The molecule has 0 aliphatic rings. The van der Waals surface area contributed by atoms with Crippen LogP contribution in [0.3, 0.4) is 0 Å². The van der Waals surface area contributed by atoms with E-state index in [4.69, 9.17) is 4.74 Å². The number of halogens is 3. The minimum absolute atomic E-state index is 0.0378. The number of carbonyl (C=O) groups is 1. The molecule has 0 fully saturated rings. The Hall–Kier alpha value is -4.07. The van der Waals surface area contributed by atoms with E-state index in [1.165, 1.54) is 30.0 Å². The van der Waals surface area contributed by atoms with Crippen molar-refractivity contribution >= 4 is 12.0 Å². The van der Waals surface area contributed by atoms with Crippen LogP contribution in [0.4, 0.5) is 13.2 Å². The molecular weight excluding hydrogens is 443 g/mol. The smallest absolute Gasteiger partial charge is 0.416 e. The molecule has 34 heavy (non-hydrogen) atoms. The molecule has 0 aliphatic carbocycles. The van der Waals surface area contributed by atoms with Crippen molar-refractivity contribution in [3.63, 3.8) is 0 Å². The number of hydrogen-bond donors (Lipinski definition) is 1. The van der Waals surface area contributed by atoms with Gasteiger partial charge < -0.3 is 10.1 Å². The van der Waals surface area contributed by atoms with Crippen molar-refractivity contribution in [2.45, 2.75) is 19.6 Å². The average Bonchev–Trinajstić information content (AvgIpc) is 3.21. The number of hydrogen-bond acceptors (Lipinski definition) is 3. The second-order valence-electron chi connectivity index (χ2n) is 7.12. The van der Waals surface area contributed by atoms with Gasteiger partial charge in [-0.25, -0.2) is 0 Å². The van der Waals surface area contributed by atoms with Crippen LogP contribution in [-0.2, 0) is 12.7 Å². The van der Waals surface area contributed by atoms with Crippen molar-refractivity contribution in [2.24, 2.45) is 0 Å². The molecule has 176 valence electrons. The summed E-state index contributed by atoms with van der Waals surface area (Å²) in [5.74, 6) is -0.432. The quantitative estimate of drug-likeness (QED) is 0.415. The molecule has 0 unspecified atom stereocenters. The number of alkyl halides is 3. The van der Waals surface area contributed by atoms with Crippen LogP contribution in [0.1, 0.15) is 34.1 Å². The van der Waals surface area contributed by atoms with E-state index >= 15 is 0 Å². The number of nitrogens with zero attached hydrogens (tertiary/aromatic N) is 2. The van der Waals surface area contributed by atoms with Crippen molar-refractivity contribution in [3.8, 4) is 11.6 Å². The number of carbonyl (C=O) groups excluding carboxylic acids is 1. The zero-order chi connectivity index (χ0) is 24.6. The number of ether oxygens (including phenoxy) is 1. The van der Waals surface area contributed by atoms with Gasteiger partial charge >= 0.3 is 6.18 Å². The molecule has 0 aliphatic heterocycles. The SMILES string of the molecule is C\C=C/C=C\C=C\c1nn(-c2ccccc2)c(OC)c1C(=O)NCc1ccccc1C(F)(F)F. The first kappa shape index (κ1) is 24.6. The summed E-state index contributed by atoms with van der Waals surface area (Å²) in [6.07, 6.45) is 6.14. The van der Waals surface area contributed by atoms with E-state index < -0.39 is 17.6 Å². The minimum Gasteiger partial charge on any atom is -0.480 e. The summed E-state index contributed by atoms with van der Waals surface area (Å²) in [5, 5.41) is 7.10. The Morgan fingerprint density at radius 3 is 2.38 bits per heavy atom. The van der Waals surface area contributed by atoms with Gasteiger partial charge in [0.25, 0.3) is 5.91 Å². The summed E-state index contributed by atoms with van der Waals surface area (Å²) in [7, 11) is 1.41. The number of benzene rings is 2. The third-order valence-corrected chi connectivity index (χ3v) is 4.83. The predicted molar refractivity (Wildman–Crippen MR) is 126 cm³/mol. The van der Waals surface area contributed by atoms with E-state index in [1.54, 1.807) is 30.4 Å². The molecule has 0 saturated heterocycles. The van der Waals surface area contributed by atoms with Gasteiger partial charge in [0.15, 0.2) is 0 Å². The lowest BCUT2D eigenvalue weighted by molar-refractivity contribution is -0.138. The second kappa shape index (κ2) is 11.2. The van der Waals surface area contributed by atoms with Gasteiger partial charge in [0, 0.05) is 6.54 Å². The molecule has 3 rings (SSSR count). The standard InChI is InChI=1S/C26H24F3N3O2/c1-3-4-5-6-10-17-22-23(25(34-2)32(31-22)20-14-8-7-9-15-20)24(33)30-18-19-13-11-12-16-21(19)26(27,28)29/h3-17H,18H2,1-2H3,(H,30,33)/b4-3-,6-5-,17-10+. The van der Waals surface area contributed by atoms with Crippen LogP contribution in [0.25, 0.3) is 11.8 Å². The van der Waals surface area contributed by atoms with E-state index in [2.05, 4.69) is 10.4 Å². The Labute approximate surface area is 195 Å². The zero-order valence-corrected chi connectivity index (χ0v) is 18.7. The summed E-state index contributed by atoms with van der Waals surface area (Å²) < 4.78 is 47.0. The first-order chi connectivity index (χ1) is 16.4. The fraction of sp³-hybridized carbons (Fsp3) is 0.154. The number of amides is 1. The fourth-order valence-corrected chi connectivity index (χ4v) is 3.28. The highest BCUT2D eigenvalue weighted by atomic mass is 19.4. The van der Waals surface area contributed by atoms with E-state index in [9.17, 15) is 18.0 Å². The average molecular weight is 467 g/mol. The van der Waals surface area contributed by atoms with Crippen LogP contribution < -0.4 is 10.1 Å². The van der Waals surface area contributed by atoms with Gasteiger partial charge in [0.2, 0.25) is 5.88 Å². The van der Waals surface area contributed by atoms with Crippen LogP contribution in [0.2, 0.25) is 0 Å². The molecule has 2 aromatic carbocycles. The topological polar surface area (TPSA) is 56.2 Å². The summed E-state index contributed by atoms with van der Waals surface area (Å²) >= 11 is 0. The molecule has 1 N–H and O–H groups in total. The van der Waals surface area contributed by atoms with Crippen molar-refractivity contribution in [2.75, 3.05) is 7.11 Å². The van der Waals surface area contributed by atoms with Crippen LogP contribution in [0.15, 0.2) is 85.0 Å². The third-order valence-electron chi connectivity index (χ3n) is 4.83. The number of methoxy groups -OCH3 is 1. The molecule has 0 bridgehead atoms. The number of rotatable bonds is 8. The van der Waals surface area contributed by atoms with E-state index in [0.717, 1.165) is 6.07 Å². The lowest BCUT2D eigenvalue weighted by Crippen LogP contribution is -2.25. The third kappa shape index (κ3) is 5.83. The Balaban J connectivity index is 1.98. The highest BCUT2D eigenvalue weighted by Crippen LogP contribution is 2.32. The zero-order valence-electron chi connectivity index (χ0n) is 18.7. The molecule has 1 amide bonds. The van der Waals surface area contributed by atoms with E-state index in [0.29, 0.717) is 11.4 Å². The van der Waals surface area contributed by atoms with Crippen LogP contribution >= 0.6 is 0 Å². The number of nitrogens with one attached hydrogen (secondary N) is 1. The van der Waals surface area contributed by atoms with Gasteiger partial charge in [-0.05, 0) is 36.8 Å². The molecular formula is C26H24F3N3O2. The highest BCUT2D eigenvalue weighted by Gasteiger charge is 2.33. The Morgan fingerprint density at radius 1 is 1.03 bits per heavy atom. The van der Waals surface area contributed by atoms with Crippen LogP contribution in [0, 0.1) is 0 Å². The first-order valence-electron chi connectivity index (χ1n) is 10.5. The van der Waals surface area contributed by atoms with Crippen LogP contribution in [-0.4, -0.2) is 22.8 Å². The molecule has 3 aromatic rings. The molecule has 0 spiro atoms. The van der Waals surface area contributed by atoms with Gasteiger partial charge in [-0.1, -0.05) is 66.8 Å². The van der Waals surface area contributed by atoms with Gasteiger partial charge in [0.05, 0.1) is 18.4 Å². The summed E-state index contributed by atoms with van der Waals surface area (Å²) in [6.45, 7) is 1.58. The molecule has 8 heteroatoms. The number of aromatic nitrogens is 2. The lowest BCUT2D eigenvalue weighted by Gasteiger charge is -2.13. The Morgan fingerprint density at radius 2 is 1.71 bits per heavy atom. The molecule has 1 heterocycles. The molecule has 0 atom stereocenters. The van der Waals surface area contributed by atoms with Crippen LogP contribution in [0.5, 0.6) is 5.88 Å². The first-order valence-corrected chi connectivity index (χ1v) is 10.5. The van der Waals surface area contributed by atoms with Gasteiger partial charge in [-0.2, -0.15) is 23.0 Å². The van der Waals surface area contributed by atoms with E-state index in [1.807, 2.05) is 43.4 Å². The maximum absolute atomic E-state index is 13.3. The monoisotopic (exact) mass is 467 g/mol. The number of para-hydroxylation sites is 1. The molecule has 1 aromatic heterocycles. The Bertz CT molecular complexity index is 1210. The van der Waals surface area contributed by atoms with Crippen molar-refractivity contribution < 1.29 is 22.7 Å². The van der Waals surface area contributed by atoms with Gasteiger partial charge in [-0.15, -0.1) is 0 Å². The minimum atomic E-state index is -4.52. The fourth-order valence-electron chi connectivity index (χ4n) is 3.28. The van der Waals surface area contributed by atoms with Crippen molar-refractivity contribution in [1.82, 2.24) is 15.1 Å². The maximum Gasteiger partial charge on any atom is 0.416 e. The lowest BCUT2D eigenvalue weighted by atomic mass is 10.1. The van der Waals surface area contributed by atoms with Gasteiger partial charge in [-0.3, -0.25) is 4.79 Å². The predicted octanol–water partition coefficient (Wildman–Crippen LogP) is 5.98. The second-order valence-corrected chi connectivity index (χ2v) is 7.12. The summed E-state index contributed by atoms with van der Waals surface area (Å²) in [4.78, 5) is 13.2. The van der Waals surface area contributed by atoms with Gasteiger partial charge in [0.1, 0.15) is 11.3 Å².